The smallest absolute Gasteiger partial charge is 0.239 e. The predicted octanol–water partition coefficient (Wildman–Crippen LogP) is 2.18. The summed E-state index contributed by atoms with van der Waals surface area (Å²) in [6.07, 6.45) is 3.51. The van der Waals surface area contributed by atoms with Crippen LogP contribution in [0.25, 0.3) is 0 Å². The maximum Gasteiger partial charge on any atom is 0.239 e. The molecule has 100 valence electrons. The van der Waals surface area contributed by atoms with E-state index in [1.807, 2.05) is 4.90 Å². The lowest BCUT2D eigenvalue weighted by molar-refractivity contribution is -0.133. The fourth-order valence-corrected chi connectivity index (χ4v) is 3.98. The molecule has 1 saturated heterocycles. The highest BCUT2D eigenvalue weighted by molar-refractivity contribution is 5.85. The van der Waals surface area contributed by atoms with Crippen molar-refractivity contribution in [3.63, 3.8) is 0 Å². The topological polar surface area (TPSA) is 46.3 Å². The van der Waals surface area contributed by atoms with E-state index in [4.69, 9.17) is 5.73 Å². The Bertz CT molecular complexity index is 317. The first-order valence-corrected chi connectivity index (χ1v) is 6.29. The number of halogens is 1. The second-order valence-corrected chi connectivity index (χ2v) is 6.97. The van der Waals surface area contributed by atoms with Gasteiger partial charge in [0, 0.05) is 12.6 Å². The molecule has 2 bridgehead atoms. The van der Waals surface area contributed by atoms with E-state index in [0.717, 1.165) is 19.4 Å². The Hall–Kier alpha value is -0.280. The maximum absolute atomic E-state index is 12.0. The molecule has 1 aliphatic heterocycles. The van der Waals surface area contributed by atoms with Crippen molar-refractivity contribution in [3.05, 3.63) is 0 Å². The molecule has 2 rings (SSSR count). The molecular weight excluding hydrogens is 236 g/mol. The minimum absolute atomic E-state index is 0. The Labute approximate surface area is 111 Å². The highest BCUT2D eigenvalue weighted by Crippen LogP contribution is 2.52. The van der Waals surface area contributed by atoms with Crippen LogP contribution < -0.4 is 5.73 Å². The predicted molar refractivity (Wildman–Crippen MR) is 72.1 cm³/mol. The van der Waals surface area contributed by atoms with Crippen LogP contribution in [0.5, 0.6) is 0 Å². The van der Waals surface area contributed by atoms with Crippen LogP contribution in [-0.4, -0.2) is 29.4 Å². The van der Waals surface area contributed by atoms with Crippen molar-refractivity contribution in [3.8, 4) is 0 Å². The summed E-state index contributed by atoms with van der Waals surface area (Å²) in [7, 11) is 0. The quantitative estimate of drug-likeness (QED) is 0.786. The second-order valence-electron chi connectivity index (χ2n) is 6.97. The summed E-state index contributed by atoms with van der Waals surface area (Å²) in [6, 6.07) is 0.0679. The van der Waals surface area contributed by atoms with Gasteiger partial charge in [-0.05, 0) is 37.0 Å². The van der Waals surface area contributed by atoms with Crippen LogP contribution >= 0.6 is 12.4 Å². The minimum Gasteiger partial charge on any atom is -0.338 e. The number of amides is 1. The van der Waals surface area contributed by atoms with Gasteiger partial charge in [-0.1, -0.05) is 20.8 Å². The van der Waals surface area contributed by atoms with Crippen molar-refractivity contribution < 1.29 is 4.79 Å². The first-order chi connectivity index (χ1) is 7.22. The zero-order valence-corrected chi connectivity index (χ0v) is 12.1. The summed E-state index contributed by atoms with van der Waals surface area (Å²) in [4.78, 5) is 14.1. The van der Waals surface area contributed by atoms with E-state index in [-0.39, 0.29) is 24.4 Å². The SMILES string of the molecule is C[C@H](N)C(=O)N1CC2(C)CC1CC(C)(C)C2.Cl. The van der Waals surface area contributed by atoms with Crippen LogP contribution in [0.15, 0.2) is 0 Å². The van der Waals surface area contributed by atoms with Crippen molar-refractivity contribution in [2.45, 2.75) is 59.0 Å². The maximum atomic E-state index is 12.0. The highest BCUT2D eigenvalue weighted by Gasteiger charge is 2.51. The Morgan fingerprint density at radius 3 is 2.47 bits per heavy atom. The summed E-state index contributed by atoms with van der Waals surface area (Å²) in [5, 5.41) is 0. The molecule has 0 aromatic carbocycles. The molecule has 2 unspecified atom stereocenters. The van der Waals surface area contributed by atoms with E-state index in [9.17, 15) is 4.79 Å². The first-order valence-electron chi connectivity index (χ1n) is 6.29. The minimum atomic E-state index is -0.355. The number of hydrogen-bond donors (Lipinski definition) is 1. The van der Waals surface area contributed by atoms with Crippen LogP contribution in [0.2, 0.25) is 0 Å². The van der Waals surface area contributed by atoms with Crippen molar-refractivity contribution in [2.24, 2.45) is 16.6 Å². The number of carbonyl (C=O) groups excluding carboxylic acids is 1. The molecule has 4 heteroatoms. The lowest BCUT2D eigenvalue weighted by Gasteiger charge is -2.39. The molecule has 1 heterocycles. The largest absolute Gasteiger partial charge is 0.338 e. The number of nitrogens with two attached hydrogens (primary N) is 1. The van der Waals surface area contributed by atoms with Gasteiger partial charge in [0.15, 0.2) is 0 Å². The first kappa shape index (κ1) is 14.8. The number of carbonyl (C=O) groups is 1. The third-order valence-electron chi connectivity index (χ3n) is 4.09. The lowest BCUT2D eigenvalue weighted by Crippen LogP contribution is -2.45. The monoisotopic (exact) mass is 260 g/mol. The van der Waals surface area contributed by atoms with Gasteiger partial charge in [0.05, 0.1) is 6.04 Å². The summed E-state index contributed by atoms with van der Waals surface area (Å²) in [5.74, 6) is 0.131. The molecule has 0 aromatic rings. The molecule has 2 aliphatic rings. The van der Waals surface area contributed by atoms with E-state index in [1.165, 1.54) is 6.42 Å². The molecule has 1 saturated carbocycles. The molecule has 2 N–H and O–H groups in total. The summed E-state index contributed by atoms with van der Waals surface area (Å²) >= 11 is 0. The van der Waals surface area contributed by atoms with Crippen LogP contribution in [-0.2, 0) is 4.79 Å². The molecule has 0 aromatic heterocycles. The molecular formula is C13H25ClN2O. The summed E-state index contributed by atoms with van der Waals surface area (Å²) in [5.41, 5.74) is 6.40. The lowest BCUT2D eigenvalue weighted by atomic mass is 9.65. The van der Waals surface area contributed by atoms with Gasteiger partial charge in [-0.3, -0.25) is 4.79 Å². The number of nitrogens with zero attached hydrogens (tertiary/aromatic N) is 1. The van der Waals surface area contributed by atoms with E-state index >= 15 is 0 Å². The Kier molecular flexibility index (Phi) is 3.85. The molecule has 3 nitrogen and oxygen atoms in total. The third kappa shape index (κ3) is 2.76. The summed E-state index contributed by atoms with van der Waals surface area (Å²) < 4.78 is 0. The molecule has 0 spiro atoms. The Balaban J connectivity index is 0.00000144. The molecule has 17 heavy (non-hydrogen) atoms. The average molecular weight is 261 g/mol. The standard InChI is InChI=1S/C13H24N2O.ClH/c1-9(14)11(16)15-8-13(4)6-10(15)5-12(2,3)7-13;/h9-10H,5-8,14H2,1-4H3;1H/t9-,10?,13?;/m0./s1. The van der Waals surface area contributed by atoms with Gasteiger partial charge in [-0.25, -0.2) is 0 Å². The Morgan fingerprint density at radius 2 is 1.94 bits per heavy atom. The number of fused-ring (bicyclic) bond motifs is 2. The number of hydrogen-bond acceptors (Lipinski definition) is 2. The molecule has 1 amide bonds. The second kappa shape index (κ2) is 4.43. The van der Waals surface area contributed by atoms with Gasteiger partial charge in [0.25, 0.3) is 0 Å². The van der Waals surface area contributed by atoms with Crippen LogP contribution in [0.4, 0.5) is 0 Å². The zero-order chi connectivity index (χ0) is 12.1. The fraction of sp³-hybridized carbons (Fsp3) is 0.923. The molecule has 2 fully saturated rings. The van der Waals surface area contributed by atoms with Crippen LogP contribution in [0.3, 0.4) is 0 Å². The highest BCUT2D eigenvalue weighted by atomic mass is 35.5. The fourth-order valence-electron chi connectivity index (χ4n) is 3.98. The van der Waals surface area contributed by atoms with E-state index in [1.54, 1.807) is 6.92 Å². The molecule has 0 radical (unpaired) electrons. The van der Waals surface area contributed by atoms with E-state index in [2.05, 4.69) is 20.8 Å². The van der Waals surface area contributed by atoms with Crippen LogP contribution in [0, 0.1) is 10.8 Å². The van der Waals surface area contributed by atoms with Crippen molar-refractivity contribution in [1.82, 2.24) is 4.90 Å². The van der Waals surface area contributed by atoms with Gasteiger partial charge in [0.2, 0.25) is 5.91 Å². The third-order valence-corrected chi connectivity index (χ3v) is 4.09. The van der Waals surface area contributed by atoms with Gasteiger partial charge in [0.1, 0.15) is 0 Å². The molecule has 3 atom stereocenters. The van der Waals surface area contributed by atoms with E-state index < -0.39 is 0 Å². The summed E-state index contributed by atoms with van der Waals surface area (Å²) in [6.45, 7) is 9.64. The van der Waals surface area contributed by atoms with Gasteiger partial charge < -0.3 is 10.6 Å². The van der Waals surface area contributed by atoms with Gasteiger partial charge >= 0.3 is 0 Å². The van der Waals surface area contributed by atoms with E-state index in [0.29, 0.717) is 16.9 Å². The molecule has 1 aliphatic carbocycles. The number of likely N-dealkylation sites (tertiary alicyclic amines) is 1. The number of rotatable bonds is 1. The van der Waals surface area contributed by atoms with Gasteiger partial charge in [-0.2, -0.15) is 0 Å². The normalized spacial score (nSPS) is 36.3. The van der Waals surface area contributed by atoms with Crippen molar-refractivity contribution in [1.29, 1.82) is 0 Å². The van der Waals surface area contributed by atoms with Crippen molar-refractivity contribution in [2.75, 3.05) is 6.54 Å². The van der Waals surface area contributed by atoms with Crippen molar-refractivity contribution >= 4 is 18.3 Å². The average Bonchev–Trinajstić information content (AvgIpc) is 2.33. The van der Waals surface area contributed by atoms with Crippen LogP contribution in [0.1, 0.15) is 47.0 Å². The zero-order valence-electron chi connectivity index (χ0n) is 11.3. The Morgan fingerprint density at radius 1 is 1.35 bits per heavy atom. The van der Waals surface area contributed by atoms with Gasteiger partial charge in [-0.15, -0.1) is 12.4 Å².